The van der Waals surface area contributed by atoms with Crippen LogP contribution in [0.25, 0.3) is 21.1 Å². The fourth-order valence-electron chi connectivity index (χ4n) is 6.73. The van der Waals surface area contributed by atoms with E-state index in [-0.39, 0.29) is 17.9 Å². The van der Waals surface area contributed by atoms with Crippen molar-refractivity contribution < 1.29 is 9.59 Å². The van der Waals surface area contributed by atoms with Crippen LogP contribution in [0, 0.1) is 11.3 Å². The zero-order valence-electron chi connectivity index (χ0n) is 21.5. The number of fused-ring (bicyclic) bond motifs is 2. The van der Waals surface area contributed by atoms with E-state index in [1.165, 1.54) is 22.0 Å². The van der Waals surface area contributed by atoms with Gasteiger partial charge in [-0.2, -0.15) is 0 Å². The summed E-state index contributed by atoms with van der Waals surface area (Å²) in [5, 5.41) is 6.49. The zero-order valence-corrected chi connectivity index (χ0v) is 22.3. The van der Waals surface area contributed by atoms with Crippen LogP contribution in [0.3, 0.4) is 0 Å². The molecule has 1 amide bonds. The first-order chi connectivity index (χ1) is 18.5. The van der Waals surface area contributed by atoms with E-state index in [1.807, 2.05) is 11.4 Å². The zero-order chi connectivity index (χ0) is 25.9. The van der Waals surface area contributed by atoms with Crippen molar-refractivity contribution in [2.75, 3.05) is 0 Å². The smallest absolute Gasteiger partial charge is 0.254 e. The van der Waals surface area contributed by atoms with Crippen LogP contribution < -0.4 is 5.32 Å². The van der Waals surface area contributed by atoms with Gasteiger partial charge in [0.25, 0.3) is 5.91 Å². The van der Waals surface area contributed by atoms with Crippen molar-refractivity contribution in [3.05, 3.63) is 95.1 Å². The molecule has 7 rings (SSSR count). The SMILES string of the molecule is CC(=O)C1CC2(CC(NC(=O)c3csc4ccn(Cc5ccc6c(ccn6Cc6ccccc6)c5)c34)C2)C1. The number of hydrogen-bond acceptors (Lipinski definition) is 3. The Kier molecular flexibility index (Phi) is 5.55. The Morgan fingerprint density at radius 3 is 2.47 bits per heavy atom. The highest BCUT2D eigenvalue weighted by molar-refractivity contribution is 7.17. The molecule has 2 aliphatic carbocycles. The molecule has 2 saturated carbocycles. The quantitative estimate of drug-likeness (QED) is 0.261. The van der Waals surface area contributed by atoms with Crippen molar-refractivity contribution in [2.24, 2.45) is 11.3 Å². The van der Waals surface area contributed by atoms with Gasteiger partial charge in [0.15, 0.2) is 0 Å². The van der Waals surface area contributed by atoms with Gasteiger partial charge in [-0.3, -0.25) is 9.59 Å². The molecule has 0 atom stereocenters. The fraction of sp³-hybridized carbons (Fsp3) is 0.312. The highest BCUT2D eigenvalue weighted by Crippen LogP contribution is 2.58. The van der Waals surface area contributed by atoms with Gasteiger partial charge in [-0.15, -0.1) is 11.3 Å². The van der Waals surface area contributed by atoms with Crippen LogP contribution in [0.4, 0.5) is 0 Å². The number of carbonyl (C=O) groups excluding carboxylic acids is 2. The predicted molar refractivity (Wildman–Crippen MR) is 153 cm³/mol. The Balaban J connectivity index is 1.06. The van der Waals surface area contributed by atoms with Gasteiger partial charge in [0, 0.05) is 48.3 Å². The molecule has 0 radical (unpaired) electrons. The molecule has 2 aliphatic rings. The monoisotopic (exact) mass is 521 g/mol. The minimum absolute atomic E-state index is 0.0203. The van der Waals surface area contributed by atoms with Crippen LogP contribution in [0.1, 0.15) is 54.1 Å². The molecule has 1 N–H and O–H groups in total. The van der Waals surface area contributed by atoms with Gasteiger partial charge in [-0.1, -0.05) is 36.4 Å². The van der Waals surface area contributed by atoms with Crippen molar-refractivity contribution in [3.8, 4) is 0 Å². The lowest BCUT2D eigenvalue weighted by Crippen LogP contribution is -2.57. The maximum Gasteiger partial charge on any atom is 0.254 e. The summed E-state index contributed by atoms with van der Waals surface area (Å²) in [6.07, 6.45) is 8.25. The van der Waals surface area contributed by atoms with Crippen LogP contribution in [0.2, 0.25) is 0 Å². The lowest BCUT2D eigenvalue weighted by molar-refractivity contribution is -0.134. The number of benzene rings is 2. The highest BCUT2D eigenvalue weighted by Gasteiger charge is 2.54. The molecule has 5 aromatic rings. The van der Waals surface area contributed by atoms with Crippen molar-refractivity contribution in [2.45, 2.75) is 51.7 Å². The number of aromatic nitrogens is 2. The van der Waals surface area contributed by atoms with Crippen LogP contribution in [0.5, 0.6) is 0 Å². The standard InChI is InChI=1S/C32H31N3O2S/c1-21(36)25-14-32(15-25)16-26(17-32)33-31(37)27-20-38-29-10-12-35(30(27)29)19-23-7-8-28-24(13-23)9-11-34(28)18-22-5-3-2-4-6-22/h2-13,20,25-26H,14-19H2,1H3,(H,33,37). The van der Waals surface area contributed by atoms with Gasteiger partial charge in [0.2, 0.25) is 0 Å². The first-order valence-electron chi connectivity index (χ1n) is 13.5. The number of rotatable bonds is 7. The van der Waals surface area contributed by atoms with Crippen molar-refractivity contribution in [3.63, 3.8) is 0 Å². The third kappa shape index (κ3) is 4.08. The molecule has 2 aromatic carbocycles. The van der Waals surface area contributed by atoms with Gasteiger partial charge in [0.1, 0.15) is 5.78 Å². The molecule has 3 aromatic heterocycles. The number of Topliss-reactive ketones (excluding diaryl/α,β-unsaturated/α-hetero) is 1. The van der Waals surface area contributed by atoms with E-state index in [0.29, 0.717) is 11.2 Å². The number of ketones is 1. The van der Waals surface area contributed by atoms with E-state index in [0.717, 1.165) is 54.6 Å². The number of carbonyl (C=O) groups is 2. The Labute approximate surface area is 226 Å². The van der Waals surface area contributed by atoms with Gasteiger partial charge in [0.05, 0.1) is 15.8 Å². The molecule has 5 nitrogen and oxygen atoms in total. The summed E-state index contributed by atoms with van der Waals surface area (Å²) in [5.41, 5.74) is 5.82. The summed E-state index contributed by atoms with van der Waals surface area (Å²) < 4.78 is 5.63. The van der Waals surface area contributed by atoms with E-state index in [1.54, 1.807) is 18.3 Å². The normalized spacial score (nSPS) is 22.4. The van der Waals surface area contributed by atoms with E-state index >= 15 is 0 Å². The number of hydrogen-bond donors (Lipinski definition) is 1. The topological polar surface area (TPSA) is 56.0 Å². The molecule has 192 valence electrons. The third-order valence-corrected chi connectivity index (χ3v) is 9.68. The molecule has 0 unspecified atom stereocenters. The minimum atomic E-state index is 0.0203. The van der Waals surface area contributed by atoms with Crippen LogP contribution >= 0.6 is 11.3 Å². The van der Waals surface area contributed by atoms with E-state index in [2.05, 4.69) is 81.4 Å². The second-order valence-electron chi connectivity index (χ2n) is 11.4. The van der Waals surface area contributed by atoms with Gasteiger partial charge >= 0.3 is 0 Å². The molecule has 38 heavy (non-hydrogen) atoms. The average Bonchev–Trinajstić information content (AvgIpc) is 3.56. The maximum absolute atomic E-state index is 13.3. The molecule has 1 spiro atoms. The first kappa shape index (κ1) is 23.5. The maximum atomic E-state index is 13.3. The van der Waals surface area contributed by atoms with Gasteiger partial charge in [-0.25, -0.2) is 0 Å². The number of nitrogens with zero attached hydrogens (tertiary/aromatic N) is 2. The van der Waals surface area contributed by atoms with Crippen LogP contribution in [-0.2, 0) is 17.9 Å². The lowest BCUT2D eigenvalue weighted by Gasteiger charge is -2.57. The first-order valence-corrected chi connectivity index (χ1v) is 14.3. The second-order valence-corrected chi connectivity index (χ2v) is 12.3. The number of amides is 1. The largest absolute Gasteiger partial charge is 0.349 e. The molecule has 0 saturated heterocycles. The molecular weight excluding hydrogens is 490 g/mol. The van der Waals surface area contributed by atoms with Crippen molar-refractivity contribution in [1.29, 1.82) is 0 Å². The molecular formula is C32H31N3O2S. The van der Waals surface area contributed by atoms with Crippen LogP contribution in [-0.4, -0.2) is 26.9 Å². The van der Waals surface area contributed by atoms with Gasteiger partial charge in [-0.05, 0) is 78.8 Å². The molecule has 0 aliphatic heterocycles. The number of thiophene rings is 1. The molecule has 2 fully saturated rings. The summed E-state index contributed by atoms with van der Waals surface area (Å²) >= 11 is 1.63. The lowest BCUT2D eigenvalue weighted by atomic mass is 9.49. The predicted octanol–water partition coefficient (Wildman–Crippen LogP) is 6.63. The second kappa shape index (κ2) is 8.98. The third-order valence-electron chi connectivity index (χ3n) is 8.74. The summed E-state index contributed by atoms with van der Waals surface area (Å²) in [6, 6.07) is 21.7. The van der Waals surface area contributed by atoms with E-state index < -0.39 is 0 Å². The minimum Gasteiger partial charge on any atom is -0.349 e. The Hall–Kier alpha value is -3.64. The van der Waals surface area contributed by atoms with Crippen LogP contribution in [0.15, 0.2) is 78.4 Å². The Morgan fingerprint density at radius 2 is 1.68 bits per heavy atom. The molecule has 3 heterocycles. The number of nitrogens with one attached hydrogen (secondary N) is 1. The summed E-state index contributed by atoms with van der Waals surface area (Å²) in [5.74, 6) is 0.577. The summed E-state index contributed by atoms with van der Waals surface area (Å²) in [7, 11) is 0. The van der Waals surface area contributed by atoms with Crippen molar-refractivity contribution >= 4 is 44.1 Å². The molecule has 6 heteroatoms. The molecule has 0 bridgehead atoms. The Morgan fingerprint density at radius 1 is 0.921 bits per heavy atom. The fourth-order valence-corrected chi connectivity index (χ4v) is 7.67. The van der Waals surface area contributed by atoms with Gasteiger partial charge < -0.3 is 14.5 Å². The van der Waals surface area contributed by atoms with E-state index in [9.17, 15) is 9.59 Å². The highest BCUT2D eigenvalue weighted by atomic mass is 32.1. The Bertz CT molecular complexity index is 1660. The van der Waals surface area contributed by atoms with Crippen molar-refractivity contribution in [1.82, 2.24) is 14.5 Å². The average molecular weight is 522 g/mol. The summed E-state index contributed by atoms with van der Waals surface area (Å²) in [4.78, 5) is 24.9. The summed E-state index contributed by atoms with van der Waals surface area (Å²) in [6.45, 7) is 3.28. The van der Waals surface area contributed by atoms with E-state index in [4.69, 9.17) is 0 Å².